The highest BCUT2D eigenvalue weighted by Gasteiger charge is 2.68. The first-order valence-corrected chi connectivity index (χ1v) is 5.88. The molecule has 86 valence electrons. The summed E-state index contributed by atoms with van der Waals surface area (Å²) in [5.41, 5.74) is 5.16. The molecule has 0 aromatic carbocycles. The molecule has 3 heteroatoms. The second-order valence-corrected chi connectivity index (χ2v) is 7.22. The Labute approximate surface area is 90.7 Å². The van der Waals surface area contributed by atoms with Crippen LogP contribution in [0.4, 0.5) is 0 Å². The molecule has 4 bridgehead atoms. The molecule has 4 rings (SSSR count). The lowest BCUT2D eigenvalue weighted by molar-refractivity contribution is -0.264. The van der Waals surface area contributed by atoms with Crippen molar-refractivity contribution >= 4 is 0 Å². The zero-order chi connectivity index (χ0) is 11.1. The van der Waals surface area contributed by atoms with Crippen LogP contribution in [0.2, 0.25) is 0 Å². The SMILES string of the molecule is C[C@]12C[C@]3(N)C[C@](C)(C1)[C@@H](O)[C@](O)(C2)C3. The smallest absolute Gasteiger partial charge is 0.0933 e. The maximum Gasteiger partial charge on any atom is 0.0933 e. The van der Waals surface area contributed by atoms with E-state index in [-0.39, 0.29) is 16.4 Å². The minimum atomic E-state index is -0.924. The highest BCUT2D eigenvalue weighted by atomic mass is 16.3. The van der Waals surface area contributed by atoms with Crippen molar-refractivity contribution in [3.05, 3.63) is 0 Å². The Morgan fingerprint density at radius 2 is 1.73 bits per heavy atom. The van der Waals surface area contributed by atoms with Crippen LogP contribution < -0.4 is 5.73 Å². The summed E-state index contributed by atoms with van der Waals surface area (Å²) < 4.78 is 0. The number of hydrogen-bond donors (Lipinski definition) is 3. The standard InChI is InChI=1S/C12H21NO2/c1-9-3-10(2)6-11(13,4-9)7-12(15,5-9)8(10)14/h8,14-15H,3-7,13H2,1-2H3/t8-,9-,10+,11+,12+/m1/s1. The van der Waals surface area contributed by atoms with Crippen LogP contribution in [-0.4, -0.2) is 27.5 Å². The van der Waals surface area contributed by atoms with Crippen molar-refractivity contribution in [1.82, 2.24) is 0 Å². The molecule has 0 amide bonds. The molecular formula is C12H21NO2. The highest BCUT2D eigenvalue weighted by Crippen LogP contribution is 2.66. The van der Waals surface area contributed by atoms with E-state index in [1.807, 2.05) is 0 Å². The van der Waals surface area contributed by atoms with Gasteiger partial charge in [0.15, 0.2) is 0 Å². The van der Waals surface area contributed by atoms with Gasteiger partial charge in [-0.25, -0.2) is 0 Å². The van der Waals surface area contributed by atoms with Crippen LogP contribution in [0.15, 0.2) is 0 Å². The fraction of sp³-hybridized carbons (Fsp3) is 1.00. The molecule has 0 heterocycles. The van der Waals surface area contributed by atoms with Gasteiger partial charge in [0.05, 0.1) is 11.7 Å². The lowest BCUT2D eigenvalue weighted by Gasteiger charge is -2.69. The number of aliphatic hydroxyl groups is 2. The molecule has 4 fully saturated rings. The molecule has 3 nitrogen and oxygen atoms in total. The summed E-state index contributed by atoms with van der Waals surface area (Å²) in [6, 6.07) is 0. The van der Waals surface area contributed by atoms with Crippen LogP contribution in [-0.2, 0) is 0 Å². The molecule has 4 saturated carbocycles. The average molecular weight is 211 g/mol. The Bertz CT molecular complexity index is 284. The van der Waals surface area contributed by atoms with Gasteiger partial charge in [-0.05, 0) is 42.9 Å². The first-order chi connectivity index (χ1) is 6.69. The molecule has 0 unspecified atom stereocenters. The predicted molar refractivity (Wildman–Crippen MR) is 57.2 cm³/mol. The molecule has 0 aromatic rings. The third kappa shape index (κ3) is 1.12. The molecule has 0 aliphatic heterocycles. The first kappa shape index (κ1) is 10.1. The predicted octanol–water partition coefficient (Wildman–Crippen LogP) is 0.780. The molecule has 0 radical (unpaired) electrons. The van der Waals surface area contributed by atoms with Gasteiger partial charge in [-0.15, -0.1) is 0 Å². The summed E-state index contributed by atoms with van der Waals surface area (Å²) in [6.45, 7) is 4.29. The van der Waals surface area contributed by atoms with E-state index in [0.717, 1.165) is 25.7 Å². The summed E-state index contributed by atoms with van der Waals surface area (Å²) in [5.74, 6) is 0. The topological polar surface area (TPSA) is 66.5 Å². The van der Waals surface area contributed by atoms with Gasteiger partial charge in [-0.1, -0.05) is 13.8 Å². The fourth-order valence-corrected chi connectivity index (χ4v) is 5.51. The van der Waals surface area contributed by atoms with Crippen LogP contribution in [0.5, 0.6) is 0 Å². The molecule has 4 aliphatic carbocycles. The van der Waals surface area contributed by atoms with E-state index in [9.17, 15) is 10.2 Å². The normalized spacial score (nSPS) is 67.4. The van der Waals surface area contributed by atoms with E-state index < -0.39 is 11.7 Å². The van der Waals surface area contributed by atoms with E-state index in [1.54, 1.807) is 0 Å². The molecule has 5 atom stereocenters. The lowest BCUT2D eigenvalue weighted by atomic mass is 9.40. The average Bonchev–Trinajstić information content (AvgIpc) is 1.93. The molecule has 4 N–H and O–H groups in total. The van der Waals surface area contributed by atoms with E-state index in [2.05, 4.69) is 13.8 Å². The summed E-state index contributed by atoms with van der Waals surface area (Å²) >= 11 is 0. The Kier molecular flexibility index (Phi) is 1.52. The van der Waals surface area contributed by atoms with E-state index >= 15 is 0 Å². The van der Waals surface area contributed by atoms with Gasteiger partial charge in [0.1, 0.15) is 0 Å². The Balaban J connectivity index is 2.12. The number of rotatable bonds is 0. The van der Waals surface area contributed by atoms with Crippen molar-refractivity contribution in [3.63, 3.8) is 0 Å². The van der Waals surface area contributed by atoms with E-state index in [0.29, 0.717) is 6.42 Å². The Hall–Kier alpha value is -0.120. The van der Waals surface area contributed by atoms with Crippen molar-refractivity contribution < 1.29 is 10.2 Å². The lowest BCUT2D eigenvalue weighted by Crippen LogP contribution is -2.74. The van der Waals surface area contributed by atoms with E-state index in [4.69, 9.17) is 5.73 Å². The molecular weight excluding hydrogens is 190 g/mol. The van der Waals surface area contributed by atoms with Crippen LogP contribution in [0.1, 0.15) is 46.0 Å². The quantitative estimate of drug-likeness (QED) is 0.554. The van der Waals surface area contributed by atoms with Crippen molar-refractivity contribution in [1.29, 1.82) is 0 Å². The summed E-state index contributed by atoms with van der Waals surface area (Å²) in [5, 5.41) is 20.8. The number of hydrogen-bond acceptors (Lipinski definition) is 3. The first-order valence-electron chi connectivity index (χ1n) is 5.88. The maximum absolute atomic E-state index is 10.5. The Morgan fingerprint density at radius 3 is 2.27 bits per heavy atom. The van der Waals surface area contributed by atoms with Gasteiger partial charge in [0.25, 0.3) is 0 Å². The minimum Gasteiger partial charge on any atom is -0.390 e. The number of aliphatic hydroxyl groups excluding tert-OH is 1. The maximum atomic E-state index is 10.5. The molecule has 4 aliphatic rings. The van der Waals surface area contributed by atoms with Gasteiger partial charge >= 0.3 is 0 Å². The summed E-state index contributed by atoms with van der Waals surface area (Å²) in [4.78, 5) is 0. The summed E-state index contributed by atoms with van der Waals surface area (Å²) in [6.07, 6.45) is 3.57. The minimum absolute atomic E-state index is 0.133. The van der Waals surface area contributed by atoms with Crippen LogP contribution in [0.3, 0.4) is 0 Å². The molecule has 0 spiro atoms. The zero-order valence-electron chi connectivity index (χ0n) is 9.58. The third-order valence-electron chi connectivity index (χ3n) is 4.93. The number of nitrogens with two attached hydrogens (primary N) is 1. The fourth-order valence-electron chi connectivity index (χ4n) is 5.51. The van der Waals surface area contributed by atoms with Gasteiger partial charge in [-0.3, -0.25) is 0 Å². The molecule has 0 aromatic heterocycles. The Morgan fingerprint density at radius 1 is 1.07 bits per heavy atom. The highest BCUT2D eigenvalue weighted by molar-refractivity contribution is 5.22. The van der Waals surface area contributed by atoms with Crippen LogP contribution >= 0.6 is 0 Å². The van der Waals surface area contributed by atoms with Gasteiger partial charge in [0.2, 0.25) is 0 Å². The third-order valence-corrected chi connectivity index (χ3v) is 4.93. The largest absolute Gasteiger partial charge is 0.390 e. The second-order valence-electron chi connectivity index (χ2n) is 7.22. The van der Waals surface area contributed by atoms with Crippen molar-refractivity contribution in [3.8, 4) is 0 Å². The van der Waals surface area contributed by atoms with Crippen molar-refractivity contribution in [2.75, 3.05) is 0 Å². The van der Waals surface area contributed by atoms with Crippen molar-refractivity contribution in [2.45, 2.75) is 63.2 Å². The second kappa shape index (κ2) is 2.27. The zero-order valence-corrected chi connectivity index (χ0v) is 9.58. The van der Waals surface area contributed by atoms with Gasteiger partial charge < -0.3 is 15.9 Å². The summed E-state index contributed by atoms with van der Waals surface area (Å²) in [7, 11) is 0. The molecule has 15 heavy (non-hydrogen) atoms. The van der Waals surface area contributed by atoms with Crippen LogP contribution in [0.25, 0.3) is 0 Å². The van der Waals surface area contributed by atoms with E-state index in [1.165, 1.54) is 0 Å². The van der Waals surface area contributed by atoms with Gasteiger partial charge in [-0.2, -0.15) is 0 Å². The van der Waals surface area contributed by atoms with Crippen LogP contribution in [0, 0.1) is 10.8 Å². The van der Waals surface area contributed by atoms with Gasteiger partial charge in [0, 0.05) is 5.54 Å². The monoisotopic (exact) mass is 211 g/mol. The molecule has 0 saturated heterocycles. The van der Waals surface area contributed by atoms with Crippen molar-refractivity contribution in [2.24, 2.45) is 16.6 Å².